The van der Waals surface area contributed by atoms with Gasteiger partial charge in [0.15, 0.2) is 0 Å². The number of pyridine rings is 1. The van der Waals surface area contributed by atoms with Gasteiger partial charge in [-0.05, 0) is 56.9 Å². The number of piperazine rings is 1. The van der Waals surface area contributed by atoms with E-state index in [2.05, 4.69) is 16.8 Å². The number of benzene rings is 1. The second kappa shape index (κ2) is 10.1. The number of sulfonamides is 1. The molecule has 9 nitrogen and oxygen atoms in total. The molecule has 2 fully saturated rings. The van der Waals surface area contributed by atoms with Crippen molar-refractivity contribution in [1.82, 2.24) is 9.29 Å². The van der Waals surface area contributed by atoms with Crippen molar-refractivity contribution in [3.63, 3.8) is 0 Å². The summed E-state index contributed by atoms with van der Waals surface area (Å²) in [6.45, 7) is 6.26. The van der Waals surface area contributed by atoms with Gasteiger partial charge >= 0.3 is 5.97 Å². The van der Waals surface area contributed by atoms with Crippen LogP contribution in [0, 0.1) is 6.92 Å². The molecule has 4 heterocycles. The molecular weight excluding hydrogens is 524 g/mol. The summed E-state index contributed by atoms with van der Waals surface area (Å²) in [6.07, 6.45) is 3.52. The average molecular weight is 555 g/mol. The quantitative estimate of drug-likeness (QED) is 0.485. The van der Waals surface area contributed by atoms with Crippen molar-refractivity contribution < 1.29 is 23.1 Å². The third kappa shape index (κ3) is 4.70. The van der Waals surface area contributed by atoms with E-state index >= 15 is 0 Å². The SMILES string of the molecule is Cc1cc(S(=O)(=O)N2CC(=O)N(c3cc(-c4ccccc4)sc3C(=O)O)[C@H](C)C2)cnc1N1CCC[C@H]1C. The number of anilines is 2. The van der Waals surface area contributed by atoms with E-state index in [1.807, 2.05) is 37.3 Å². The molecule has 3 aromatic rings. The fourth-order valence-corrected chi connectivity index (χ4v) is 7.80. The van der Waals surface area contributed by atoms with Crippen molar-refractivity contribution in [3.05, 3.63) is 59.1 Å². The number of carboxylic acid groups (broad SMARTS) is 1. The molecule has 2 aliphatic heterocycles. The Balaban J connectivity index is 1.41. The smallest absolute Gasteiger partial charge is 0.348 e. The van der Waals surface area contributed by atoms with Crippen molar-refractivity contribution in [1.29, 1.82) is 0 Å². The standard InChI is InChI=1S/C27H30N4O5S2/c1-17-12-21(14-28-26(17)30-11-7-8-18(30)2)38(35,36)29-15-19(3)31(24(32)16-29)22-13-23(37-25(22)27(33)34)20-9-5-4-6-10-20/h4-6,9-10,12-14,18-19H,7-8,11,15-16H2,1-3H3,(H,33,34)/t18-,19-/m1/s1. The molecule has 0 spiro atoms. The Kier molecular flexibility index (Phi) is 7.01. The van der Waals surface area contributed by atoms with Crippen LogP contribution in [0.25, 0.3) is 10.4 Å². The van der Waals surface area contributed by atoms with Gasteiger partial charge in [-0.15, -0.1) is 11.3 Å². The lowest BCUT2D eigenvalue weighted by atomic mass is 10.1. The molecule has 2 aliphatic rings. The van der Waals surface area contributed by atoms with Crippen molar-refractivity contribution in [3.8, 4) is 10.4 Å². The van der Waals surface area contributed by atoms with Crippen molar-refractivity contribution in [2.24, 2.45) is 0 Å². The van der Waals surface area contributed by atoms with E-state index in [1.165, 1.54) is 11.1 Å². The van der Waals surface area contributed by atoms with Gasteiger partial charge in [0.2, 0.25) is 15.9 Å². The molecule has 0 saturated carbocycles. The molecule has 200 valence electrons. The van der Waals surface area contributed by atoms with Gasteiger partial charge in [0.05, 0.1) is 12.2 Å². The zero-order chi connectivity index (χ0) is 27.2. The molecule has 0 bridgehead atoms. The zero-order valence-electron chi connectivity index (χ0n) is 21.5. The Hall–Kier alpha value is -3.28. The van der Waals surface area contributed by atoms with Crippen LogP contribution in [-0.4, -0.2) is 66.4 Å². The molecule has 2 atom stereocenters. The summed E-state index contributed by atoms with van der Waals surface area (Å²) in [5.74, 6) is -0.813. The van der Waals surface area contributed by atoms with Gasteiger partial charge in [-0.25, -0.2) is 18.2 Å². The Morgan fingerprint density at radius 2 is 1.87 bits per heavy atom. The fraction of sp³-hybridized carbons (Fsp3) is 0.370. The van der Waals surface area contributed by atoms with Crippen molar-refractivity contribution >= 4 is 44.7 Å². The van der Waals surface area contributed by atoms with Gasteiger partial charge < -0.3 is 14.9 Å². The summed E-state index contributed by atoms with van der Waals surface area (Å²) in [7, 11) is -3.98. The number of carbonyl (C=O) groups excluding carboxylic acids is 1. The molecular formula is C27H30N4O5S2. The normalized spacial score (nSPS) is 20.8. The van der Waals surface area contributed by atoms with Crippen LogP contribution in [0.2, 0.25) is 0 Å². The first kappa shape index (κ1) is 26.3. The first-order valence-electron chi connectivity index (χ1n) is 12.6. The van der Waals surface area contributed by atoms with Crippen LogP contribution in [0.5, 0.6) is 0 Å². The number of aryl methyl sites for hydroxylation is 1. The molecule has 1 aromatic carbocycles. The number of rotatable bonds is 6. The van der Waals surface area contributed by atoms with E-state index in [0.29, 0.717) is 6.04 Å². The predicted molar refractivity (Wildman–Crippen MR) is 147 cm³/mol. The van der Waals surface area contributed by atoms with Gasteiger partial charge in [-0.3, -0.25) is 4.79 Å². The lowest BCUT2D eigenvalue weighted by molar-refractivity contribution is -0.120. The minimum Gasteiger partial charge on any atom is -0.477 e. The Morgan fingerprint density at radius 3 is 2.47 bits per heavy atom. The number of thiophene rings is 1. The highest BCUT2D eigenvalue weighted by Gasteiger charge is 2.40. The third-order valence-electron chi connectivity index (χ3n) is 7.20. The summed E-state index contributed by atoms with van der Waals surface area (Å²) in [4.78, 5) is 34.3. The number of amides is 1. The van der Waals surface area contributed by atoms with E-state index in [4.69, 9.17) is 0 Å². The summed E-state index contributed by atoms with van der Waals surface area (Å²) in [6, 6.07) is 12.5. The van der Waals surface area contributed by atoms with Gasteiger partial charge in [0.1, 0.15) is 15.6 Å². The number of nitrogens with zero attached hydrogens (tertiary/aromatic N) is 4. The van der Waals surface area contributed by atoms with E-state index in [1.54, 1.807) is 19.1 Å². The maximum Gasteiger partial charge on any atom is 0.348 e. The number of hydrogen-bond acceptors (Lipinski definition) is 7. The largest absolute Gasteiger partial charge is 0.477 e. The number of carboxylic acids is 1. The molecule has 1 N–H and O–H groups in total. The van der Waals surface area contributed by atoms with Crippen LogP contribution in [0.1, 0.15) is 41.9 Å². The summed E-state index contributed by atoms with van der Waals surface area (Å²) in [5.41, 5.74) is 1.91. The predicted octanol–water partition coefficient (Wildman–Crippen LogP) is 4.23. The molecule has 38 heavy (non-hydrogen) atoms. The zero-order valence-corrected chi connectivity index (χ0v) is 23.1. The highest BCUT2D eigenvalue weighted by atomic mass is 32.2. The van der Waals surface area contributed by atoms with Crippen molar-refractivity contribution in [2.45, 2.75) is 50.6 Å². The molecule has 0 aliphatic carbocycles. The molecule has 0 unspecified atom stereocenters. The molecule has 11 heteroatoms. The number of hydrogen-bond donors (Lipinski definition) is 1. The van der Waals surface area contributed by atoms with E-state index in [9.17, 15) is 23.1 Å². The minimum atomic E-state index is -3.98. The maximum atomic E-state index is 13.5. The molecule has 1 amide bonds. The molecule has 0 radical (unpaired) electrons. The average Bonchev–Trinajstić information content (AvgIpc) is 3.51. The van der Waals surface area contributed by atoms with Crippen LogP contribution in [0.15, 0.2) is 53.6 Å². The van der Waals surface area contributed by atoms with Gasteiger partial charge in [0.25, 0.3) is 0 Å². The second-order valence-corrected chi connectivity index (χ2v) is 12.9. The first-order chi connectivity index (χ1) is 18.1. The van der Waals surface area contributed by atoms with E-state index in [0.717, 1.165) is 56.9 Å². The van der Waals surface area contributed by atoms with E-state index in [-0.39, 0.29) is 28.5 Å². The van der Waals surface area contributed by atoms with Crippen LogP contribution in [-0.2, 0) is 14.8 Å². The topological polar surface area (TPSA) is 111 Å². The van der Waals surface area contributed by atoms with Crippen LogP contribution < -0.4 is 9.80 Å². The number of carbonyl (C=O) groups is 2. The molecule has 5 rings (SSSR count). The maximum absolute atomic E-state index is 13.5. The van der Waals surface area contributed by atoms with Crippen LogP contribution in [0.3, 0.4) is 0 Å². The fourth-order valence-electron chi connectivity index (χ4n) is 5.31. The second-order valence-electron chi connectivity index (χ2n) is 9.90. The van der Waals surface area contributed by atoms with Crippen molar-refractivity contribution in [2.75, 3.05) is 29.4 Å². The molecule has 2 aromatic heterocycles. The summed E-state index contributed by atoms with van der Waals surface area (Å²) >= 11 is 1.10. The van der Waals surface area contributed by atoms with E-state index < -0.39 is 27.9 Å². The van der Waals surface area contributed by atoms with Gasteiger partial charge in [-0.1, -0.05) is 30.3 Å². The highest BCUT2D eigenvalue weighted by Crippen LogP contribution is 2.39. The van der Waals surface area contributed by atoms with Gasteiger partial charge in [-0.2, -0.15) is 4.31 Å². The van der Waals surface area contributed by atoms with Crippen LogP contribution in [0.4, 0.5) is 11.5 Å². The summed E-state index contributed by atoms with van der Waals surface area (Å²) in [5, 5.41) is 9.86. The lowest BCUT2D eigenvalue weighted by Crippen LogP contribution is -2.57. The summed E-state index contributed by atoms with van der Waals surface area (Å²) < 4.78 is 28.3. The highest BCUT2D eigenvalue weighted by molar-refractivity contribution is 7.89. The Labute approximate surface area is 226 Å². The monoisotopic (exact) mass is 554 g/mol. The Bertz CT molecular complexity index is 1490. The lowest BCUT2D eigenvalue weighted by Gasteiger charge is -2.38. The number of aromatic carboxylic acids is 1. The number of aromatic nitrogens is 1. The Morgan fingerprint density at radius 1 is 1.13 bits per heavy atom. The van der Waals surface area contributed by atoms with Crippen LogP contribution >= 0.6 is 11.3 Å². The molecule has 2 saturated heterocycles. The minimum absolute atomic E-state index is 0.0353. The van der Waals surface area contributed by atoms with Gasteiger partial charge in [0, 0.05) is 36.2 Å². The third-order valence-corrected chi connectivity index (χ3v) is 10.1. The first-order valence-corrected chi connectivity index (χ1v) is 14.8.